The molecule has 4 rings (SSSR count). The number of ketones is 1. The standard InChI is InChI=1S/C15H24N2O/c1-10-8-11-4-6-16-14(11)15-9-13(18)3-2-12(15)5-7-17(10)15/h10-12,14,16H,2-9H2,1H3/t10?,11?,12-,14-,15+/m1/s1. The number of nitrogens with zero attached hydrogens (tertiary/aromatic N) is 1. The van der Waals surface area contributed by atoms with Crippen LogP contribution in [0.5, 0.6) is 0 Å². The van der Waals surface area contributed by atoms with E-state index >= 15 is 0 Å². The van der Waals surface area contributed by atoms with E-state index in [1.165, 1.54) is 32.4 Å². The monoisotopic (exact) mass is 248 g/mol. The van der Waals surface area contributed by atoms with Crippen molar-refractivity contribution in [3.8, 4) is 0 Å². The number of nitrogens with one attached hydrogen (secondary N) is 1. The Balaban J connectivity index is 1.78. The van der Waals surface area contributed by atoms with E-state index in [0.717, 1.165) is 31.1 Å². The fraction of sp³-hybridized carbons (Fsp3) is 0.933. The minimum absolute atomic E-state index is 0.203. The Kier molecular flexibility index (Phi) is 2.41. The predicted molar refractivity (Wildman–Crippen MR) is 70.4 cm³/mol. The van der Waals surface area contributed by atoms with Gasteiger partial charge in [0.1, 0.15) is 5.78 Å². The number of carbonyl (C=O) groups is 1. The minimum atomic E-state index is 0.203. The van der Waals surface area contributed by atoms with E-state index in [9.17, 15) is 4.79 Å². The molecule has 18 heavy (non-hydrogen) atoms. The number of rotatable bonds is 0. The van der Waals surface area contributed by atoms with E-state index in [1.807, 2.05) is 0 Å². The molecule has 2 unspecified atom stereocenters. The molecule has 0 bridgehead atoms. The van der Waals surface area contributed by atoms with Crippen molar-refractivity contribution in [1.29, 1.82) is 0 Å². The summed E-state index contributed by atoms with van der Waals surface area (Å²) < 4.78 is 0. The summed E-state index contributed by atoms with van der Waals surface area (Å²) in [4.78, 5) is 14.8. The van der Waals surface area contributed by atoms with E-state index in [0.29, 0.717) is 17.9 Å². The molecule has 0 aromatic rings. The molecule has 100 valence electrons. The average Bonchev–Trinajstić information content (AvgIpc) is 2.92. The molecule has 0 amide bonds. The highest BCUT2D eigenvalue weighted by Gasteiger charge is 2.61. The van der Waals surface area contributed by atoms with Gasteiger partial charge in [0, 0.05) is 30.5 Å². The first kappa shape index (κ1) is 11.4. The van der Waals surface area contributed by atoms with Crippen LogP contribution < -0.4 is 5.32 Å². The van der Waals surface area contributed by atoms with Crippen LogP contribution in [0.3, 0.4) is 0 Å². The van der Waals surface area contributed by atoms with Crippen LogP contribution in [-0.2, 0) is 4.79 Å². The van der Waals surface area contributed by atoms with Gasteiger partial charge in [-0.3, -0.25) is 9.69 Å². The van der Waals surface area contributed by atoms with Crippen molar-refractivity contribution in [2.45, 2.75) is 63.1 Å². The fourth-order valence-electron chi connectivity index (χ4n) is 5.70. The van der Waals surface area contributed by atoms with Gasteiger partial charge in [-0.1, -0.05) is 0 Å². The highest BCUT2D eigenvalue weighted by atomic mass is 16.1. The Morgan fingerprint density at radius 2 is 2.22 bits per heavy atom. The summed E-state index contributed by atoms with van der Waals surface area (Å²) in [6, 6.07) is 1.28. The molecule has 3 heterocycles. The minimum Gasteiger partial charge on any atom is -0.312 e. The van der Waals surface area contributed by atoms with Gasteiger partial charge in [0.25, 0.3) is 0 Å². The molecule has 1 saturated carbocycles. The molecule has 3 nitrogen and oxygen atoms in total. The molecule has 0 aromatic heterocycles. The van der Waals surface area contributed by atoms with Gasteiger partial charge in [0.05, 0.1) is 0 Å². The molecule has 0 radical (unpaired) electrons. The summed E-state index contributed by atoms with van der Waals surface area (Å²) in [6.07, 6.45) is 6.80. The molecule has 1 N–H and O–H groups in total. The maximum absolute atomic E-state index is 12.1. The first-order chi connectivity index (χ1) is 8.72. The first-order valence-corrected chi connectivity index (χ1v) is 7.73. The van der Waals surface area contributed by atoms with Crippen LogP contribution in [0.4, 0.5) is 0 Å². The van der Waals surface area contributed by atoms with Gasteiger partial charge >= 0.3 is 0 Å². The molecule has 3 heteroatoms. The normalized spacial score (nSPS) is 51.9. The molecule has 1 spiro atoms. The second kappa shape index (κ2) is 3.80. The Morgan fingerprint density at radius 1 is 1.33 bits per heavy atom. The molecule has 0 aromatic carbocycles. The number of hydrogen-bond acceptors (Lipinski definition) is 3. The molecule has 5 atom stereocenters. The van der Waals surface area contributed by atoms with E-state index in [4.69, 9.17) is 0 Å². The maximum Gasteiger partial charge on any atom is 0.134 e. The lowest BCUT2D eigenvalue weighted by atomic mass is 9.63. The summed E-state index contributed by atoms with van der Waals surface area (Å²) in [7, 11) is 0. The van der Waals surface area contributed by atoms with E-state index in [1.54, 1.807) is 0 Å². The number of piperidine rings is 1. The molecule has 1 aliphatic carbocycles. The van der Waals surface area contributed by atoms with Gasteiger partial charge in [0.2, 0.25) is 0 Å². The Morgan fingerprint density at radius 3 is 3.11 bits per heavy atom. The van der Waals surface area contributed by atoms with Gasteiger partial charge in [-0.15, -0.1) is 0 Å². The average molecular weight is 248 g/mol. The summed E-state index contributed by atoms with van der Waals surface area (Å²) in [5, 5.41) is 3.77. The fourth-order valence-corrected chi connectivity index (χ4v) is 5.70. The van der Waals surface area contributed by atoms with Crippen molar-refractivity contribution in [2.24, 2.45) is 11.8 Å². The third-order valence-electron chi connectivity index (χ3n) is 6.28. The van der Waals surface area contributed by atoms with Crippen molar-refractivity contribution < 1.29 is 4.79 Å². The van der Waals surface area contributed by atoms with Gasteiger partial charge in [0.15, 0.2) is 0 Å². The lowest BCUT2D eigenvalue weighted by Gasteiger charge is -2.56. The van der Waals surface area contributed by atoms with Gasteiger partial charge in [-0.2, -0.15) is 0 Å². The van der Waals surface area contributed by atoms with Crippen LogP contribution in [0.15, 0.2) is 0 Å². The zero-order valence-corrected chi connectivity index (χ0v) is 11.3. The van der Waals surface area contributed by atoms with Crippen molar-refractivity contribution in [2.75, 3.05) is 13.1 Å². The number of carbonyl (C=O) groups excluding carboxylic acids is 1. The van der Waals surface area contributed by atoms with Crippen molar-refractivity contribution in [1.82, 2.24) is 10.2 Å². The SMILES string of the molecule is CC1CC2CCN[C@H]2[C@]23CC(=O)CC[C@@H]2CCN13. The second-order valence-electron chi connectivity index (χ2n) is 6.99. The van der Waals surface area contributed by atoms with E-state index in [-0.39, 0.29) is 5.54 Å². The Hall–Kier alpha value is -0.410. The first-order valence-electron chi connectivity index (χ1n) is 7.73. The van der Waals surface area contributed by atoms with Crippen molar-refractivity contribution in [3.05, 3.63) is 0 Å². The van der Waals surface area contributed by atoms with E-state index < -0.39 is 0 Å². The van der Waals surface area contributed by atoms with Crippen LogP contribution >= 0.6 is 0 Å². The number of Topliss-reactive ketones (excluding diaryl/α,β-unsaturated/α-hetero) is 1. The summed E-state index contributed by atoms with van der Waals surface area (Å²) in [5.74, 6) is 2.11. The van der Waals surface area contributed by atoms with Crippen molar-refractivity contribution >= 4 is 5.78 Å². The molecular formula is C15H24N2O. The second-order valence-corrected chi connectivity index (χ2v) is 6.99. The zero-order chi connectivity index (χ0) is 12.3. The lowest BCUT2D eigenvalue weighted by molar-refractivity contribution is -0.130. The van der Waals surface area contributed by atoms with Crippen LogP contribution in [0.25, 0.3) is 0 Å². The largest absolute Gasteiger partial charge is 0.312 e. The number of hydrogen-bond donors (Lipinski definition) is 1. The number of fused-ring (bicyclic) bond motifs is 1. The summed E-state index contributed by atoms with van der Waals surface area (Å²) in [5.41, 5.74) is 0.203. The van der Waals surface area contributed by atoms with Crippen LogP contribution in [-0.4, -0.2) is 41.4 Å². The molecule has 4 fully saturated rings. The van der Waals surface area contributed by atoms with Crippen LogP contribution in [0, 0.1) is 11.8 Å². The van der Waals surface area contributed by atoms with Crippen LogP contribution in [0.1, 0.15) is 45.4 Å². The smallest absolute Gasteiger partial charge is 0.134 e. The Bertz CT molecular complexity index is 383. The third-order valence-corrected chi connectivity index (χ3v) is 6.28. The Labute approximate surface area is 109 Å². The maximum atomic E-state index is 12.1. The molecule has 3 saturated heterocycles. The molecular weight excluding hydrogens is 224 g/mol. The van der Waals surface area contributed by atoms with Crippen LogP contribution in [0.2, 0.25) is 0 Å². The highest BCUT2D eigenvalue weighted by Crippen LogP contribution is 2.53. The topological polar surface area (TPSA) is 32.3 Å². The highest BCUT2D eigenvalue weighted by molar-refractivity contribution is 5.81. The quantitative estimate of drug-likeness (QED) is 0.706. The van der Waals surface area contributed by atoms with Gasteiger partial charge < -0.3 is 5.32 Å². The molecule has 3 aliphatic heterocycles. The summed E-state index contributed by atoms with van der Waals surface area (Å²) >= 11 is 0. The van der Waals surface area contributed by atoms with E-state index in [2.05, 4.69) is 17.1 Å². The van der Waals surface area contributed by atoms with Crippen molar-refractivity contribution in [3.63, 3.8) is 0 Å². The lowest BCUT2D eigenvalue weighted by Crippen LogP contribution is -2.68. The zero-order valence-electron chi connectivity index (χ0n) is 11.3. The predicted octanol–water partition coefficient (Wildman–Crippen LogP) is 1.57. The summed E-state index contributed by atoms with van der Waals surface area (Å²) in [6.45, 7) is 4.78. The molecule has 4 aliphatic rings. The third kappa shape index (κ3) is 1.30. The van der Waals surface area contributed by atoms with Gasteiger partial charge in [-0.25, -0.2) is 0 Å². The van der Waals surface area contributed by atoms with Gasteiger partial charge in [-0.05, 0) is 57.5 Å².